The maximum atomic E-state index is 9.68. The zero-order valence-electron chi connectivity index (χ0n) is 18.7. The number of nitrogens with zero attached hydrogens (tertiary/aromatic N) is 2. The Kier molecular flexibility index (Phi) is 8.84. The number of ether oxygens (including phenoxy) is 4. The number of halogens is 2. The molecule has 1 N–H and O–H groups in total. The summed E-state index contributed by atoms with van der Waals surface area (Å²) in [6, 6.07) is 9.00. The van der Waals surface area contributed by atoms with Crippen molar-refractivity contribution in [3.05, 3.63) is 46.1 Å². The molecule has 0 spiro atoms. The highest BCUT2D eigenvalue weighted by molar-refractivity contribution is 6.37. The van der Waals surface area contributed by atoms with Gasteiger partial charge in [0.2, 0.25) is 0 Å². The van der Waals surface area contributed by atoms with Gasteiger partial charge in [-0.1, -0.05) is 30.1 Å². The van der Waals surface area contributed by atoms with Crippen LogP contribution < -0.4 is 19.5 Å². The molecule has 0 bridgehead atoms. The minimum absolute atomic E-state index is 0.344. The fourth-order valence-electron chi connectivity index (χ4n) is 3.20. The first kappa shape index (κ1) is 24.7. The zero-order valence-corrected chi connectivity index (χ0v) is 20.2. The Morgan fingerprint density at radius 1 is 0.970 bits per heavy atom. The highest BCUT2D eigenvalue weighted by Gasteiger charge is 2.16. The Morgan fingerprint density at radius 3 is 2.45 bits per heavy atom. The molecule has 0 saturated carbocycles. The molecule has 0 aliphatic heterocycles. The summed E-state index contributed by atoms with van der Waals surface area (Å²) in [4.78, 5) is 4.43. The molecule has 7 nitrogen and oxygen atoms in total. The van der Waals surface area contributed by atoms with E-state index in [1.165, 1.54) is 13.3 Å². The molecule has 0 saturated heterocycles. The third-order valence-corrected chi connectivity index (χ3v) is 5.42. The molecule has 1 heterocycles. The van der Waals surface area contributed by atoms with Crippen molar-refractivity contribution < 1.29 is 18.9 Å². The summed E-state index contributed by atoms with van der Waals surface area (Å²) in [6.45, 7) is 3.92. The van der Waals surface area contributed by atoms with E-state index in [0.29, 0.717) is 68.3 Å². The number of pyridine rings is 1. The van der Waals surface area contributed by atoms with E-state index in [9.17, 15) is 5.26 Å². The van der Waals surface area contributed by atoms with E-state index in [4.69, 9.17) is 42.1 Å². The van der Waals surface area contributed by atoms with E-state index >= 15 is 0 Å². The number of anilines is 2. The Morgan fingerprint density at radius 2 is 1.76 bits per heavy atom. The molecule has 33 heavy (non-hydrogen) atoms. The molecule has 0 radical (unpaired) electrons. The van der Waals surface area contributed by atoms with Gasteiger partial charge in [0.05, 0.1) is 53.3 Å². The van der Waals surface area contributed by atoms with E-state index < -0.39 is 0 Å². The summed E-state index contributed by atoms with van der Waals surface area (Å²) >= 11 is 12.5. The molecular formula is C24H25Cl2N3O4. The highest BCUT2D eigenvalue weighted by atomic mass is 35.5. The normalized spacial score (nSPS) is 10.7. The number of rotatable bonds is 11. The molecule has 9 heteroatoms. The molecule has 3 aromatic rings. The molecule has 0 atom stereocenters. The first-order valence-electron chi connectivity index (χ1n) is 10.4. The van der Waals surface area contributed by atoms with Crippen LogP contribution in [-0.2, 0) is 4.74 Å². The Balaban J connectivity index is 1.96. The van der Waals surface area contributed by atoms with Gasteiger partial charge in [0.25, 0.3) is 0 Å². The summed E-state index contributed by atoms with van der Waals surface area (Å²) in [7, 11) is 3.08. The second-order valence-electron chi connectivity index (χ2n) is 7.08. The first-order valence-corrected chi connectivity index (χ1v) is 11.2. The van der Waals surface area contributed by atoms with Crippen LogP contribution >= 0.6 is 23.2 Å². The van der Waals surface area contributed by atoms with Crippen LogP contribution in [0.25, 0.3) is 10.9 Å². The van der Waals surface area contributed by atoms with Gasteiger partial charge in [-0.2, -0.15) is 5.26 Å². The molecular weight excluding hydrogens is 465 g/mol. The Bertz CT molecular complexity index is 1160. The van der Waals surface area contributed by atoms with Gasteiger partial charge in [-0.25, -0.2) is 0 Å². The lowest BCUT2D eigenvalue weighted by Crippen LogP contribution is -2.05. The number of nitriles is 1. The summed E-state index contributed by atoms with van der Waals surface area (Å²) in [6.07, 6.45) is 3.24. The van der Waals surface area contributed by atoms with Crippen molar-refractivity contribution in [3.63, 3.8) is 0 Å². The van der Waals surface area contributed by atoms with Crippen molar-refractivity contribution in [1.82, 2.24) is 4.98 Å². The van der Waals surface area contributed by atoms with Gasteiger partial charge in [-0.3, -0.25) is 4.98 Å². The molecule has 0 amide bonds. The summed E-state index contributed by atoms with van der Waals surface area (Å²) in [5, 5.41) is 14.4. The first-order chi connectivity index (χ1) is 16.0. The van der Waals surface area contributed by atoms with Crippen molar-refractivity contribution >= 4 is 45.5 Å². The lowest BCUT2D eigenvalue weighted by atomic mass is 10.1. The second-order valence-corrected chi connectivity index (χ2v) is 7.90. The van der Waals surface area contributed by atoms with Crippen molar-refractivity contribution in [2.45, 2.75) is 19.8 Å². The average Bonchev–Trinajstić information content (AvgIpc) is 2.82. The van der Waals surface area contributed by atoms with Crippen LogP contribution in [0.15, 0.2) is 30.5 Å². The van der Waals surface area contributed by atoms with E-state index in [-0.39, 0.29) is 0 Å². The van der Waals surface area contributed by atoms with E-state index in [2.05, 4.69) is 23.3 Å². The quantitative estimate of drug-likeness (QED) is 0.313. The Labute approximate surface area is 203 Å². The molecule has 0 fully saturated rings. The molecule has 2 aromatic carbocycles. The van der Waals surface area contributed by atoms with Crippen LogP contribution in [0.3, 0.4) is 0 Å². The van der Waals surface area contributed by atoms with Crippen LogP contribution in [0.5, 0.6) is 17.2 Å². The van der Waals surface area contributed by atoms with Gasteiger partial charge in [0, 0.05) is 43.4 Å². The lowest BCUT2D eigenvalue weighted by molar-refractivity contribution is 0.119. The average molecular weight is 490 g/mol. The van der Waals surface area contributed by atoms with E-state index in [1.807, 2.05) is 0 Å². The SMILES string of the molecule is CCCOCCCOc1cc2ncc(C#N)c(Nc3cc(OC)c(Cl)cc3Cl)c2cc1OC. The summed E-state index contributed by atoms with van der Waals surface area (Å²) < 4.78 is 22.2. The standard InChI is InChI=1S/C24H25Cl2N3O4/c1-4-6-32-7-5-8-33-23-11-19-16(9-22(23)31-3)24(15(13-27)14-28-19)29-20-12-21(30-2)18(26)10-17(20)25/h9-12,14H,4-8H2,1-3H3,(H,28,29). The molecule has 0 aliphatic rings. The lowest BCUT2D eigenvalue weighted by Gasteiger charge is -2.16. The highest BCUT2D eigenvalue weighted by Crippen LogP contribution is 2.40. The van der Waals surface area contributed by atoms with Crippen molar-refractivity contribution in [2.75, 3.05) is 39.4 Å². The number of fused-ring (bicyclic) bond motifs is 1. The maximum Gasteiger partial charge on any atom is 0.163 e. The van der Waals surface area contributed by atoms with E-state index in [1.54, 1.807) is 31.4 Å². The van der Waals surface area contributed by atoms with Crippen molar-refractivity contribution in [1.29, 1.82) is 5.26 Å². The van der Waals surface area contributed by atoms with Gasteiger partial charge in [0.1, 0.15) is 11.8 Å². The van der Waals surface area contributed by atoms with Gasteiger partial charge in [-0.15, -0.1) is 0 Å². The van der Waals surface area contributed by atoms with Gasteiger partial charge >= 0.3 is 0 Å². The van der Waals surface area contributed by atoms with Gasteiger partial charge in [0.15, 0.2) is 11.5 Å². The molecule has 1 aromatic heterocycles. The number of hydrogen-bond acceptors (Lipinski definition) is 7. The molecule has 174 valence electrons. The molecule has 3 rings (SSSR count). The topological polar surface area (TPSA) is 85.6 Å². The fraction of sp³-hybridized carbons (Fsp3) is 0.333. The van der Waals surface area contributed by atoms with Crippen LogP contribution in [0.4, 0.5) is 11.4 Å². The Hall–Kier alpha value is -2.92. The van der Waals surface area contributed by atoms with Gasteiger partial charge in [-0.05, 0) is 18.6 Å². The number of aromatic nitrogens is 1. The predicted molar refractivity (Wildman–Crippen MR) is 131 cm³/mol. The molecule has 0 unspecified atom stereocenters. The van der Waals surface area contributed by atoms with Crippen LogP contribution in [0, 0.1) is 11.3 Å². The third kappa shape index (κ3) is 5.91. The second kappa shape index (κ2) is 11.8. The van der Waals surface area contributed by atoms with Crippen molar-refractivity contribution in [2.24, 2.45) is 0 Å². The molecule has 0 aliphatic carbocycles. The number of methoxy groups -OCH3 is 2. The largest absolute Gasteiger partial charge is 0.495 e. The number of hydrogen-bond donors (Lipinski definition) is 1. The minimum atomic E-state index is 0.344. The van der Waals surface area contributed by atoms with Crippen LogP contribution in [0.2, 0.25) is 10.0 Å². The number of nitrogens with one attached hydrogen (secondary N) is 1. The summed E-state index contributed by atoms with van der Waals surface area (Å²) in [5.74, 6) is 1.54. The van der Waals surface area contributed by atoms with Crippen LogP contribution in [0.1, 0.15) is 25.3 Å². The van der Waals surface area contributed by atoms with Crippen LogP contribution in [-0.4, -0.2) is 39.0 Å². The minimum Gasteiger partial charge on any atom is -0.495 e. The smallest absolute Gasteiger partial charge is 0.163 e. The zero-order chi connectivity index (χ0) is 23.8. The van der Waals surface area contributed by atoms with E-state index in [0.717, 1.165) is 19.4 Å². The monoisotopic (exact) mass is 489 g/mol. The predicted octanol–water partition coefficient (Wildman–Crippen LogP) is 6.37. The fourth-order valence-corrected chi connectivity index (χ4v) is 3.70. The van der Waals surface area contributed by atoms with Gasteiger partial charge < -0.3 is 24.3 Å². The maximum absolute atomic E-state index is 9.68. The third-order valence-electron chi connectivity index (χ3n) is 4.81. The van der Waals surface area contributed by atoms with Crippen molar-refractivity contribution in [3.8, 4) is 23.3 Å². The summed E-state index contributed by atoms with van der Waals surface area (Å²) in [5.41, 5.74) is 2.04. The number of benzene rings is 2.